The summed E-state index contributed by atoms with van der Waals surface area (Å²) in [6.45, 7) is 11.1. The van der Waals surface area contributed by atoms with Gasteiger partial charge in [-0.3, -0.25) is 4.79 Å². The first-order chi connectivity index (χ1) is 13.6. The van der Waals surface area contributed by atoms with E-state index in [0.29, 0.717) is 6.42 Å². The van der Waals surface area contributed by atoms with Gasteiger partial charge in [0, 0.05) is 11.1 Å². The lowest BCUT2D eigenvalue weighted by Crippen LogP contribution is -2.50. The molecule has 0 saturated heterocycles. The SMILES string of the molecule is CC[C@H](C)[C@H](NC(=O)OC(C)(C)C)C(=O)N/N=C\C1=Cc2ccccc2O[C@@H]1C. The Morgan fingerprint density at radius 3 is 2.66 bits per heavy atom. The Hall–Kier alpha value is -2.83. The molecule has 3 atom stereocenters. The summed E-state index contributed by atoms with van der Waals surface area (Å²) in [4.78, 5) is 24.7. The summed E-state index contributed by atoms with van der Waals surface area (Å²) in [5.41, 5.74) is 3.68. The van der Waals surface area contributed by atoms with Crippen molar-refractivity contribution in [1.29, 1.82) is 0 Å². The van der Waals surface area contributed by atoms with Gasteiger partial charge in [-0.25, -0.2) is 10.2 Å². The van der Waals surface area contributed by atoms with E-state index in [0.717, 1.165) is 16.9 Å². The Morgan fingerprint density at radius 1 is 1.31 bits per heavy atom. The topological polar surface area (TPSA) is 89.0 Å². The molecule has 0 bridgehead atoms. The fourth-order valence-corrected chi connectivity index (χ4v) is 2.78. The molecule has 1 aromatic carbocycles. The number of para-hydroxylation sites is 1. The van der Waals surface area contributed by atoms with E-state index in [-0.39, 0.29) is 12.0 Å². The predicted octanol–water partition coefficient (Wildman–Crippen LogP) is 3.89. The van der Waals surface area contributed by atoms with Crippen molar-refractivity contribution >= 4 is 24.3 Å². The first-order valence-electron chi connectivity index (χ1n) is 9.90. The number of nitrogens with one attached hydrogen (secondary N) is 2. The summed E-state index contributed by atoms with van der Waals surface area (Å²) in [6, 6.07) is 6.98. The Morgan fingerprint density at radius 2 is 2.00 bits per heavy atom. The second-order valence-electron chi connectivity index (χ2n) is 8.19. The lowest BCUT2D eigenvalue weighted by Gasteiger charge is -2.25. The van der Waals surface area contributed by atoms with E-state index < -0.39 is 23.6 Å². The number of benzene rings is 1. The molecule has 1 aliphatic heterocycles. The Bertz CT molecular complexity index is 795. The molecule has 0 radical (unpaired) electrons. The minimum atomic E-state index is -0.748. The van der Waals surface area contributed by atoms with Crippen molar-refractivity contribution in [2.45, 2.75) is 65.7 Å². The van der Waals surface area contributed by atoms with Crippen LogP contribution < -0.4 is 15.5 Å². The summed E-state index contributed by atoms with van der Waals surface area (Å²) >= 11 is 0. The van der Waals surface area contributed by atoms with Gasteiger partial charge in [0.25, 0.3) is 5.91 Å². The quantitative estimate of drug-likeness (QED) is 0.559. The number of carbonyl (C=O) groups is 2. The van der Waals surface area contributed by atoms with E-state index in [1.54, 1.807) is 27.0 Å². The average Bonchev–Trinajstić information content (AvgIpc) is 2.64. The molecule has 0 aromatic heterocycles. The number of rotatable bonds is 6. The number of hydrazone groups is 1. The van der Waals surface area contributed by atoms with Crippen LogP contribution in [0.25, 0.3) is 6.08 Å². The molecule has 7 heteroatoms. The van der Waals surface area contributed by atoms with Gasteiger partial charge in [-0.1, -0.05) is 38.5 Å². The third kappa shape index (κ3) is 6.62. The second kappa shape index (κ2) is 9.58. The Labute approximate surface area is 172 Å². The summed E-state index contributed by atoms with van der Waals surface area (Å²) in [5.74, 6) is 0.340. The highest BCUT2D eigenvalue weighted by atomic mass is 16.6. The van der Waals surface area contributed by atoms with Gasteiger partial charge in [-0.15, -0.1) is 0 Å². The average molecular weight is 402 g/mol. The lowest BCUT2D eigenvalue weighted by molar-refractivity contribution is -0.124. The van der Waals surface area contributed by atoms with Crippen molar-refractivity contribution in [3.8, 4) is 5.75 Å². The molecule has 2 rings (SSSR count). The molecule has 29 heavy (non-hydrogen) atoms. The van der Waals surface area contributed by atoms with E-state index >= 15 is 0 Å². The zero-order chi connectivity index (χ0) is 21.6. The highest BCUT2D eigenvalue weighted by molar-refractivity contribution is 5.91. The van der Waals surface area contributed by atoms with Gasteiger partial charge in [0.05, 0.1) is 6.21 Å². The molecule has 0 spiro atoms. The van der Waals surface area contributed by atoms with Gasteiger partial charge in [-0.2, -0.15) is 5.10 Å². The standard InChI is InChI=1S/C22H31N3O4/c1-7-14(2)19(24-21(27)29-22(4,5)6)20(26)25-23-13-17-12-16-10-8-9-11-18(16)28-15(17)3/h8-15,19H,7H2,1-6H3,(H,24,27)(H,25,26)/b23-13-/t14-,15+,19-/m0/s1. The fraction of sp³-hybridized carbons (Fsp3) is 0.500. The minimum absolute atomic E-state index is 0.0826. The summed E-state index contributed by atoms with van der Waals surface area (Å²) in [7, 11) is 0. The molecular formula is C22H31N3O4. The van der Waals surface area contributed by atoms with Gasteiger partial charge < -0.3 is 14.8 Å². The van der Waals surface area contributed by atoms with Crippen LogP contribution in [0.15, 0.2) is 34.9 Å². The van der Waals surface area contributed by atoms with Crippen molar-refractivity contribution < 1.29 is 19.1 Å². The van der Waals surface area contributed by atoms with Crippen molar-refractivity contribution in [1.82, 2.24) is 10.7 Å². The fourth-order valence-electron chi connectivity index (χ4n) is 2.78. The molecule has 1 heterocycles. The molecular weight excluding hydrogens is 370 g/mol. The van der Waals surface area contributed by atoms with Gasteiger partial charge in [-0.05, 0) is 45.8 Å². The number of carbonyl (C=O) groups excluding carboxylic acids is 2. The van der Waals surface area contributed by atoms with Crippen molar-refractivity contribution in [3.63, 3.8) is 0 Å². The van der Waals surface area contributed by atoms with E-state index in [1.807, 2.05) is 51.1 Å². The van der Waals surface area contributed by atoms with Gasteiger partial charge in [0.1, 0.15) is 23.5 Å². The normalized spacial score (nSPS) is 18.1. The number of hydrogen-bond donors (Lipinski definition) is 2. The molecule has 2 amide bonds. The number of ether oxygens (including phenoxy) is 2. The van der Waals surface area contributed by atoms with Gasteiger partial charge in [0.2, 0.25) is 0 Å². The maximum atomic E-state index is 12.6. The molecule has 158 valence electrons. The third-order valence-electron chi connectivity index (χ3n) is 4.57. The Balaban J connectivity index is 2.04. The minimum Gasteiger partial charge on any atom is -0.485 e. The van der Waals surface area contributed by atoms with E-state index in [1.165, 1.54) is 0 Å². The van der Waals surface area contributed by atoms with E-state index in [4.69, 9.17) is 9.47 Å². The number of alkyl carbamates (subject to hydrolysis) is 1. The first-order valence-corrected chi connectivity index (χ1v) is 9.90. The van der Waals surface area contributed by atoms with E-state index in [9.17, 15) is 9.59 Å². The van der Waals surface area contributed by atoms with Crippen LogP contribution >= 0.6 is 0 Å². The van der Waals surface area contributed by atoms with Crippen LogP contribution in [0.4, 0.5) is 4.79 Å². The molecule has 0 unspecified atom stereocenters. The van der Waals surface area contributed by atoms with Crippen LogP contribution in [0.2, 0.25) is 0 Å². The zero-order valence-corrected chi connectivity index (χ0v) is 18.0. The monoisotopic (exact) mass is 401 g/mol. The highest BCUT2D eigenvalue weighted by Crippen LogP contribution is 2.28. The number of nitrogens with zero attached hydrogens (tertiary/aromatic N) is 1. The largest absolute Gasteiger partial charge is 0.485 e. The summed E-state index contributed by atoms with van der Waals surface area (Å²) < 4.78 is 11.1. The van der Waals surface area contributed by atoms with Crippen LogP contribution in [0.3, 0.4) is 0 Å². The summed E-state index contributed by atoms with van der Waals surface area (Å²) in [5, 5.41) is 6.72. The van der Waals surface area contributed by atoms with Crippen LogP contribution in [-0.4, -0.2) is 36.0 Å². The molecule has 0 aliphatic carbocycles. The number of amides is 2. The van der Waals surface area contributed by atoms with Crippen molar-refractivity contribution in [3.05, 3.63) is 35.4 Å². The number of fused-ring (bicyclic) bond motifs is 1. The van der Waals surface area contributed by atoms with E-state index in [2.05, 4.69) is 15.8 Å². The third-order valence-corrected chi connectivity index (χ3v) is 4.57. The zero-order valence-electron chi connectivity index (χ0n) is 18.0. The van der Waals surface area contributed by atoms with Crippen LogP contribution in [0, 0.1) is 5.92 Å². The first kappa shape index (κ1) is 22.5. The second-order valence-corrected chi connectivity index (χ2v) is 8.19. The molecule has 0 saturated carbocycles. The van der Waals surface area contributed by atoms with Crippen LogP contribution in [-0.2, 0) is 9.53 Å². The molecule has 0 fully saturated rings. The Kier molecular flexibility index (Phi) is 7.42. The molecule has 1 aromatic rings. The lowest BCUT2D eigenvalue weighted by atomic mass is 9.99. The predicted molar refractivity (Wildman–Crippen MR) is 114 cm³/mol. The molecule has 7 nitrogen and oxygen atoms in total. The highest BCUT2D eigenvalue weighted by Gasteiger charge is 2.28. The number of hydrogen-bond acceptors (Lipinski definition) is 5. The van der Waals surface area contributed by atoms with Crippen molar-refractivity contribution in [2.24, 2.45) is 11.0 Å². The van der Waals surface area contributed by atoms with Crippen LogP contribution in [0.5, 0.6) is 5.75 Å². The van der Waals surface area contributed by atoms with Crippen molar-refractivity contribution in [2.75, 3.05) is 0 Å². The van der Waals surface area contributed by atoms with Crippen LogP contribution in [0.1, 0.15) is 53.5 Å². The summed E-state index contributed by atoms with van der Waals surface area (Å²) in [6.07, 6.45) is 3.44. The maximum absolute atomic E-state index is 12.6. The van der Waals surface area contributed by atoms with Gasteiger partial charge in [0.15, 0.2) is 0 Å². The smallest absolute Gasteiger partial charge is 0.408 e. The molecule has 2 N–H and O–H groups in total. The van der Waals surface area contributed by atoms with Gasteiger partial charge >= 0.3 is 6.09 Å². The maximum Gasteiger partial charge on any atom is 0.408 e. The molecule has 1 aliphatic rings.